The fourth-order valence-electron chi connectivity index (χ4n) is 0.972. The van der Waals surface area contributed by atoms with Crippen LogP contribution in [0.5, 0.6) is 0 Å². The van der Waals surface area contributed by atoms with Crippen molar-refractivity contribution >= 4 is 0 Å². The molecule has 0 amide bonds. The highest BCUT2D eigenvalue weighted by Gasteiger charge is 2.12. The molecule has 0 N–H and O–H groups in total. The predicted octanol–water partition coefficient (Wildman–Crippen LogP) is 1.87. The molecule has 44 valence electrons. The molecular formula is C7H6N2. The maximum absolute atomic E-state index is 8.42. The van der Waals surface area contributed by atoms with Crippen LogP contribution in [0.3, 0.4) is 0 Å². The van der Waals surface area contributed by atoms with Gasteiger partial charge in [-0.3, -0.25) is 0 Å². The number of rotatable bonds is 0. The van der Waals surface area contributed by atoms with Gasteiger partial charge in [0.25, 0.3) is 0 Å². The van der Waals surface area contributed by atoms with Crippen molar-refractivity contribution < 1.29 is 0 Å². The zero-order valence-electron chi connectivity index (χ0n) is 5.02. The second-order valence-electron chi connectivity index (χ2n) is 2.00. The quantitative estimate of drug-likeness (QED) is 0.446. The van der Waals surface area contributed by atoms with Crippen LogP contribution in [0.15, 0.2) is 11.3 Å². The van der Waals surface area contributed by atoms with Crippen LogP contribution in [0.4, 0.5) is 0 Å². The molecule has 0 aromatic carbocycles. The lowest BCUT2D eigenvalue weighted by Crippen LogP contribution is -1.70. The van der Waals surface area contributed by atoms with E-state index in [0.29, 0.717) is 11.3 Å². The first-order chi connectivity index (χ1) is 4.38. The number of nitrogens with zero attached hydrogens (tertiary/aromatic N) is 2. The average molecular weight is 118 g/mol. The zero-order valence-corrected chi connectivity index (χ0v) is 5.02. The molecule has 1 aliphatic carbocycles. The topological polar surface area (TPSA) is 28.1 Å². The van der Waals surface area contributed by atoms with Gasteiger partial charge in [-0.1, -0.05) is 6.42 Å². The Hall–Kier alpha value is -1.28. The van der Waals surface area contributed by atoms with Gasteiger partial charge in [-0.2, -0.15) is 5.26 Å². The van der Waals surface area contributed by atoms with Crippen molar-refractivity contribution in [2.75, 3.05) is 0 Å². The van der Waals surface area contributed by atoms with Crippen molar-refractivity contribution in [3.05, 3.63) is 22.7 Å². The van der Waals surface area contributed by atoms with Gasteiger partial charge >= 0.3 is 0 Å². The SMILES string of the molecule is [C-]#[N+]C1=C(C#N)CCC1. The fraction of sp³-hybridized carbons (Fsp3) is 0.429. The maximum Gasteiger partial charge on any atom is 0.178 e. The maximum atomic E-state index is 8.42. The summed E-state index contributed by atoms with van der Waals surface area (Å²) in [5, 5.41) is 8.42. The Balaban J connectivity index is 2.90. The summed E-state index contributed by atoms with van der Waals surface area (Å²) < 4.78 is 0. The summed E-state index contributed by atoms with van der Waals surface area (Å²) in [5.41, 5.74) is 1.38. The van der Waals surface area contributed by atoms with Crippen LogP contribution in [0.1, 0.15) is 19.3 Å². The van der Waals surface area contributed by atoms with Crippen molar-refractivity contribution in [3.63, 3.8) is 0 Å². The standard InChI is InChI=1S/C7H6N2/c1-9-7-4-2-3-6(7)5-8/h2-4H2. The van der Waals surface area contributed by atoms with Gasteiger partial charge in [-0.25, -0.2) is 4.85 Å². The van der Waals surface area contributed by atoms with Crippen LogP contribution in [0.25, 0.3) is 4.85 Å². The van der Waals surface area contributed by atoms with Crippen molar-refractivity contribution in [1.82, 2.24) is 0 Å². The molecule has 0 fully saturated rings. The normalized spacial score (nSPS) is 17.1. The monoisotopic (exact) mass is 118 g/mol. The van der Waals surface area contributed by atoms with Gasteiger partial charge in [0.05, 0.1) is 12.6 Å². The van der Waals surface area contributed by atoms with E-state index in [9.17, 15) is 0 Å². The summed E-state index contributed by atoms with van der Waals surface area (Å²) in [4.78, 5) is 3.25. The van der Waals surface area contributed by atoms with Crippen LogP contribution >= 0.6 is 0 Å². The molecule has 0 unspecified atom stereocenters. The highest BCUT2D eigenvalue weighted by Crippen LogP contribution is 2.25. The minimum atomic E-state index is 0.678. The summed E-state index contributed by atoms with van der Waals surface area (Å²) in [5.74, 6) is 0. The van der Waals surface area contributed by atoms with Crippen LogP contribution < -0.4 is 0 Å². The lowest BCUT2D eigenvalue weighted by molar-refractivity contribution is 0.907. The minimum Gasteiger partial charge on any atom is -0.242 e. The molecule has 0 saturated carbocycles. The lowest BCUT2D eigenvalue weighted by Gasteiger charge is -1.81. The summed E-state index contributed by atoms with van der Waals surface area (Å²) >= 11 is 0. The second-order valence-corrected chi connectivity index (χ2v) is 2.00. The Morgan fingerprint density at radius 3 is 2.78 bits per heavy atom. The molecule has 0 aliphatic heterocycles. The molecule has 0 aromatic rings. The third-order valence-electron chi connectivity index (χ3n) is 1.46. The molecule has 9 heavy (non-hydrogen) atoms. The zero-order chi connectivity index (χ0) is 6.69. The van der Waals surface area contributed by atoms with E-state index in [4.69, 9.17) is 11.8 Å². The van der Waals surface area contributed by atoms with E-state index in [1.807, 2.05) is 6.07 Å². The fourth-order valence-corrected chi connectivity index (χ4v) is 0.972. The van der Waals surface area contributed by atoms with E-state index in [1.54, 1.807) is 0 Å². The van der Waals surface area contributed by atoms with E-state index in [2.05, 4.69) is 4.85 Å². The molecule has 1 rings (SSSR count). The van der Waals surface area contributed by atoms with Gasteiger partial charge in [0.2, 0.25) is 0 Å². The first-order valence-electron chi connectivity index (χ1n) is 2.88. The summed E-state index contributed by atoms with van der Waals surface area (Å²) in [6.45, 7) is 6.65. The number of nitriles is 1. The second kappa shape index (κ2) is 2.33. The molecule has 0 heterocycles. The van der Waals surface area contributed by atoms with E-state index in [0.717, 1.165) is 19.3 Å². The number of hydrogen-bond acceptors (Lipinski definition) is 1. The predicted molar refractivity (Wildman–Crippen MR) is 33.1 cm³/mol. The average Bonchev–Trinajstić information content (AvgIpc) is 2.33. The molecule has 0 saturated heterocycles. The van der Waals surface area contributed by atoms with Gasteiger partial charge < -0.3 is 0 Å². The van der Waals surface area contributed by atoms with Gasteiger partial charge in [-0.05, 0) is 12.8 Å². The molecule has 0 radical (unpaired) electrons. The van der Waals surface area contributed by atoms with Gasteiger partial charge in [0.15, 0.2) is 5.70 Å². The Labute approximate surface area is 54.2 Å². The Bertz CT molecular complexity index is 200. The van der Waals surface area contributed by atoms with E-state index in [-0.39, 0.29) is 0 Å². The molecule has 0 atom stereocenters. The van der Waals surface area contributed by atoms with Gasteiger partial charge in [0.1, 0.15) is 0 Å². The Kier molecular flexibility index (Phi) is 1.51. The van der Waals surface area contributed by atoms with Crippen molar-refractivity contribution in [2.24, 2.45) is 0 Å². The van der Waals surface area contributed by atoms with Crippen LogP contribution in [-0.2, 0) is 0 Å². The molecule has 0 spiro atoms. The summed E-state index contributed by atoms with van der Waals surface area (Å²) in [6.07, 6.45) is 2.61. The van der Waals surface area contributed by atoms with E-state index in [1.165, 1.54) is 0 Å². The number of allylic oxidation sites excluding steroid dienone is 2. The van der Waals surface area contributed by atoms with Crippen molar-refractivity contribution in [1.29, 1.82) is 5.26 Å². The molecule has 0 bridgehead atoms. The highest BCUT2D eigenvalue weighted by molar-refractivity contribution is 5.34. The number of hydrogen-bond donors (Lipinski definition) is 0. The molecule has 2 heteroatoms. The van der Waals surface area contributed by atoms with Crippen molar-refractivity contribution in [3.8, 4) is 6.07 Å². The van der Waals surface area contributed by atoms with E-state index >= 15 is 0 Å². The van der Waals surface area contributed by atoms with E-state index < -0.39 is 0 Å². The Morgan fingerprint density at radius 2 is 2.33 bits per heavy atom. The smallest absolute Gasteiger partial charge is 0.178 e. The summed E-state index contributed by atoms with van der Waals surface area (Å²) in [6, 6.07) is 2.03. The molecule has 0 aromatic heterocycles. The Morgan fingerprint density at radius 1 is 1.56 bits per heavy atom. The molecular weight excluding hydrogens is 112 g/mol. The summed E-state index contributed by atoms with van der Waals surface area (Å²) in [7, 11) is 0. The van der Waals surface area contributed by atoms with Crippen molar-refractivity contribution in [2.45, 2.75) is 19.3 Å². The third-order valence-corrected chi connectivity index (χ3v) is 1.46. The first-order valence-corrected chi connectivity index (χ1v) is 2.88. The van der Waals surface area contributed by atoms with Crippen LogP contribution in [0, 0.1) is 17.9 Å². The van der Waals surface area contributed by atoms with Gasteiger partial charge in [0, 0.05) is 5.57 Å². The lowest BCUT2D eigenvalue weighted by atomic mass is 10.2. The third kappa shape index (κ3) is 0.925. The molecule has 2 nitrogen and oxygen atoms in total. The van der Waals surface area contributed by atoms with Crippen LogP contribution in [-0.4, -0.2) is 0 Å². The van der Waals surface area contributed by atoms with Gasteiger partial charge in [-0.15, -0.1) is 0 Å². The minimum absolute atomic E-state index is 0.678. The first kappa shape index (κ1) is 5.85. The largest absolute Gasteiger partial charge is 0.242 e. The van der Waals surface area contributed by atoms with Crippen LogP contribution in [0.2, 0.25) is 0 Å². The molecule has 1 aliphatic rings. The highest BCUT2D eigenvalue weighted by atomic mass is 14.7.